The van der Waals surface area contributed by atoms with Gasteiger partial charge >= 0.3 is 0 Å². The minimum Gasteiger partial charge on any atom is -0.309 e. The summed E-state index contributed by atoms with van der Waals surface area (Å²) >= 11 is 7.65. The van der Waals surface area contributed by atoms with E-state index in [1.165, 1.54) is 11.3 Å². The van der Waals surface area contributed by atoms with E-state index in [9.17, 15) is 0 Å². The molecule has 1 saturated heterocycles. The standard InChI is InChI=1S/C13H21ClN2S/c1-3-13(2)10-16(9-7-15-13)8-6-11-4-5-12(14)17-11/h4-5,15H,3,6-10H2,1-2H3. The van der Waals surface area contributed by atoms with Crippen LogP contribution in [-0.4, -0.2) is 36.6 Å². The average Bonchev–Trinajstić information content (AvgIpc) is 2.73. The average molecular weight is 273 g/mol. The van der Waals surface area contributed by atoms with Gasteiger partial charge in [0.25, 0.3) is 0 Å². The molecule has 1 unspecified atom stereocenters. The quantitative estimate of drug-likeness (QED) is 0.906. The van der Waals surface area contributed by atoms with Crippen molar-refractivity contribution >= 4 is 22.9 Å². The van der Waals surface area contributed by atoms with Crippen LogP contribution in [0.15, 0.2) is 12.1 Å². The molecule has 0 spiro atoms. The highest BCUT2D eigenvalue weighted by molar-refractivity contribution is 7.16. The molecule has 1 aliphatic heterocycles. The topological polar surface area (TPSA) is 15.3 Å². The zero-order chi connectivity index (χ0) is 12.3. The summed E-state index contributed by atoms with van der Waals surface area (Å²) in [5, 5.41) is 3.62. The fourth-order valence-corrected chi connectivity index (χ4v) is 3.40. The molecule has 2 heterocycles. The zero-order valence-corrected chi connectivity index (χ0v) is 12.2. The third-order valence-corrected chi connectivity index (χ3v) is 4.93. The van der Waals surface area contributed by atoms with E-state index < -0.39 is 0 Å². The van der Waals surface area contributed by atoms with Gasteiger partial charge in [0.15, 0.2) is 0 Å². The number of rotatable bonds is 4. The zero-order valence-electron chi connectivity index (χ0n) is 10.6. The summed E-state index contributed by atoms with van der Waals surface area (Å²) in [5.41, 5.74) is 0.297. The van der Waals surface area contributed by atoms with Crippen molar-refractivity contribution in [3.8, 4) is 0 Å². The Kier molecular flexibility index (Phi) is 4.47. The number of hydrogen-bond acceptors (Lipinski definition) is 3. The van der Waals surface area contributed by atoms with Gasteiger partial charge in [0.2, 0.25) is 0 Å². The normalized spacial score (nSPS) is 26.3. The van der Waals surface area contributed by atoms with Crippen molar-refractivity contribution in [1.82, 2.24) is 10.2 Å². The van der Waals surface area contributed by atoms with Crippen LogP contribution in [0.2, 0.25) is 4.34 Å². The lowest BCUT2D eigenvalue weighted by atomic mass is 9.96. The van der Waals surface area contributed by atoms with E-state index in [0.717, 1.165) is 36.9 Å². The van der Waals surface area contributed by atoms with Gasteiger partial charge in [0.05, 0.1) is 4.34 Å². The van der Waals surface area contributed by atoms with Crippen LogP contribution in [-0.2, 0) is 6.42 Å². The molecule has 0 aromatic carbocycles. The molecule has 1 atom stereocenters. The van der Waals surface area contributed by atoms with Crippen molar-refractivity contribution in [2.45, 2.75) is 32.2 Å². The third-order valence-electron chi connectivity index (χ3n) is 3.64. The molecular weight excluding hydrogens is 252 g/mol. The van der Waals surface area contributed by atoms with Crippen LogP contribution >= 0.6 is 22.9 Å². The minimum absolute atomic E-state index is 0.297. The summed E-state index contributed by atoms with van der Waals surface area (Å²) in [6.07, 6.45) is 2.31. The second-order valence-electron chi connectivity index (χ2n) is 5.07. The second-order valence-corrected chi connectivity index (χ2v) is 6.87. The molecule has 4 heteroatoms. The van der Waals surface area contributed by atoms with Gasteiger partial charge in [-0.2, -0.15) is 0 Å². The molecule has 0 bridgehead atoms. The molecule has 0 radical (unpaired) electrons. The largest absolute Gasteiger partial charge is 0.309 e. The molecule has 1 N–H and O–H groups in total. The summed E-state index contributed by atoms with van der Waals surface area (Å²) in [7, 11) is 0. The summed E-state index contributed by atoms with van der Waals surface area (Å²) in [6, 6.07) is 4.14. The first-order chi connectivity index (χ1) is 8.11. The Hall–Kier alpha value is -0.0900. The van der Waals surface area contributed by atoms with Gasteiger partial charge in [0, 0.05) is 36.6 Å². The van der Waals surface area contributed by atoms with Gasteiger partial charge in [-0.25, -0.2) is 0 Å². The number of piperazine rings is 1. The number of nitrogens with one attached hydrogen (secondary N) is 1. The highest BCUT2D eigenvalue weighted by Crippen LogP contribution is 2.22. The number of halogens is 1. The Morgan fingerprint density at radius 3 is 3.00 bits per heavy atom. The molecule has 1 aromatic rings. The molecule has 96 valence electrons. The molecule has 17 heavy (non-hydrogen) atoms. The Morgan fingerprint density at radius 1 is 1.53 bits per heavy atom. The van der Waals surface area contributed by atoms with E-state index in [0.29, 0.717) is 5.54 Å². The van der Waals surface area contributed by atoms with Crippen LogP contribution in [0.1, 0.15) is 25.1 Å². The highest BCUT2D eigenvalue weighted by Gasteiger charge is 2.28. The maximum absolute atomic E-state index is 5.94. The predicted molar refractivity (Wildman–Crippen MR) is 76.2 cm³/mol. The van der Waals surface area contributed by atoms with Crippen LogP contribution in [0.4, 0.5) is 0 Å². The number of hydrogen-bond donors (Lipinski definition) is 1. The first kappa shape index (κ1) is 13.3. The van der Waals surface area contributed by atoms with E-state index in [4.69, 9.17) is 11.6 Å². The maximum Gasteiger partial charge on any atom is 0.0931 e. The third kappa shape index (κ3) is 3.68. The van der Waals surface area contributed by atoms with Crippen molar-refractivity contribution in [3.63, 3.8) is 0 Å². The summed E-state index contributed by atoms with van der Waals surface area (Å²) in [4.78, 5) is 3.96. The summed E-state index contributed by atoms with van der Waals surface area (Å²) < 4.78 is 0.902. The Labute approximate surface area is 113 Å². The SMILES string of the molecule is CCC1(C)CN(CCc2ccc(Cl)s2)CCN1. The van der Waals surface area contributed by atoms with Gasteiger partial charge in [0.1, 0.15) is 0 Å². The van der Waals surface area contributed by atoms with E-state index in [1.54, 1.807) is 11.3 Å². The number of thiophene rings is 1. The lowest BCUT2D eigenvalue weighted by Crippen LogP contribution is -2.58. The molecule has 1 aliphatic rings. The van der Waals surface area contributed by atoms with Crippen LogP contribution < -0.4 is 5.32 Å². The lowest BCUT2D eigenvalue weighted by Gasteiger charge is -2.41. The summed E-state index contributed by atoms with van der Waals surface area (Å²) in [6.45, 7) is 9.15. The van der Waals surface area contributed by atoms with Gasteiger partial charge in [-0.05, 0) is 31.9 Å². The van der Waals surface area contributed by atoms with Gasteiger partial charge in [-0.1, -0.05) is 18.5 Å². The van der Waals surface area contributed by atoms with Crippen LogP contribution in [0.5, 0.6) is 0 Å². The van der Waals surface area contributed by atoms with Crippen molar-refractivity contribution in [3.05, 3.63) is 21.3 Å². The molecule has 0 amide bonds. The predicted octanol–water partition coefficient (Wildman–Crippen LogP) is 3.02. The molecule has 2 rings (SSSR count). The van der Waals surface area contributed by atoms with Crippen molar-refractivity contribution < 1.29 is 0 Å². The fraction of sp³-hybridized carbons (Fsp3) is 0.692. The second kappa shape index (κ2) is 5.70. The van der Waals surface area contributed by atoms with Gasteiger partial charge in [-0.3, -0.25) is 4.90 Å². The molecule has 0 saturated carbocycles. The smallest absolute Gasteiger partial charge is 0.0931 e. The minimum atomic E-state index is 0.297. The van der Waals surface area contributed by atoms with Crippen molar-refractivity contribution in [2.24, 2.45) is 0 Å². The van der Waals surface area contributed by atoms with E-state index in [2.05, 4.69) is 30.1 Å². The fourth-order valence-electron chi connectivity index (χ4n) is 2.33. The van der Waals surface area contributed by atoms with Crippen LogP contribution in [0.25, 0.3) is 0 Å². The highest BCUT2D eigenvalue weighted by atomic mass is 35.5. The molecule has 2 nitrogen and oxygen atoms in total. The van der Waals surface area contributed by atoms with Crippen molar-refractivity contribution in [1.29, 1.82) is 0 Å². The van der Waals surface area contributed by atoms with Crippen LogP contribution in [0.3, 0.4) is 0 Å². The van der Waals surface area contributed by atoms with E-state index in [-0.39, 0.29) is 0 Å². The lowest BCUT2D eigenvalue weighted by molar-refractivity contribution is 0.141. The first-order valence-electron chi connectivity index (χ1n) is 6.33. The Bertz CT molecular complexity index is 366. The molecule has 1 aromatic heterocycles. The van der Waals surface area contributed by atoms with Crippen LogP contribution in [0, 0.1) is 0 Å². The van der Waals surface area contributed by atoms with Gasteiger partial charge in [-0.15, -0.1) is 11.3 Å². The van der Waals surface area contributed by atoms with E-state index in [1.807, 2.05) is 6.07 Å². The monoisotopic (exact) mass is 272 g/mol. The Balaban J connectivity index is 1.83. The Morgan fingerprint density at radius 2 is 2.35 bits per heavy atom. The molecular formula is C13H21ClN2S. The maximum atomic E-state index is 5.94. The molecule has 0 aliphatic carbocycles. The van der Waals surface area contributed by atoms with Crippen molar-refractivity contribution in [2.75, 3.05) is 26.2 Å². The van der Waals surface area contributed by atoms with Gasteiger partial charge < -0.3 is 5.32 Å². The summed E-state index contributed by atoms with van der Waals surface area (Å²) in [5.74, 6) is 0. The van der Waals surface area contributed by atoms with E-state index >= 15 is 0 Å². The first-order valence-corrected chi connectivity index (χ1v) is 7.52. The number of nitrogens with zero attached hydrogens (tertiary/aromatic N) is 1. The molecule has 1 fully saturated rings.